The van der Waals surface area contributed by atoms with Crippen molar-refractivity contribution in [3.8, 4) is 0 Å². The molecule has 1 fully saturated rings. The van der Waals surface area contributed by atoms with E-state index in [1.165, 1.54) is 37.1 Å². The van der Waals surface area contributed by atoms with Gasteiger partial charge in [-0.2, -0.15) is 0 Å². The van der Waals surface area contributed by atoms with Gasteiger partial charge in [-0.25, -0.2) is 4.98 Å². The molecule has 0 amide bonds. The van der Waals surface area contributed by atoms with Crippen molar-refractivity contribution in [3.63, 3.8) is 0 Å². The van der Waals surface area contributed by atoms with Crippen molar-refractivity contribution in [2.24, 2.45) is 5.92 Å². The Labute approximate surface area is 128 Å². The molecule has 118 valence electrons. The summed E-state index contributed by atoms with van der Waals surface area (Å²) in [5, 5.41) is 3.43. The minimum atomic E-state index is 0.748. The van der Waals surface area contributed by atoms with Gasteiger partial charge in [0.2, 0.25) is 0 Å². The molecule has 0 spiro atoms. The van der Waals surface area contributed by atoms with Gasteiger partial charge in [0, 0.05) is 45.0 Å². The predicted octanol–water partition coefficient (Wildman–Crippen LogP) is 2.83. The SMILES string of the molecule is CCC1CCCN(c2ncccc2CNCCOC)CC1. The monoisotopic (exact) mass is 291 g/mol. The molecular formula is C17H29N3O. The quantitative estimate of drug-likeness (QED) is 0.784. The Balaban J connectivity index is 1.98. The molecule has 1 aromatic heterocycles. The lowest BCUT2D eigenvalue weighted by Gasteiger charge is -2.24. The number of ether oxygens (including phenoxy) is 1. The number of hydrogen-bond donors (Lipinski definition) is 1. The van der Waals surface area contributed by atoms with Crippen LogP contribution < -0.4 is 10.2 Å². The van der Waals surface area contributed by atoms with E-state index in [0.29, 0.717) is 0 Å². The summed E-state index contributed by atoms with van der Waals surface area (Å²) in [6.07, 6.45) is 7.16. The molecule has 2 rings (SSSR count). The van der Waals surface area contributed by atoms with Gasteiger partial charge in [0.15, 0.2) is 0 Å². The van der Waals surface area contributed by atoms with E-state index in [4.69, 9.17) is 4.74 Å². The fourth-order valence-electron chi connectivity index (χ4n) is 3.04. The van der Waals surface area contributed by atoms with Gasteiger partial charge in [0.25, 0.3) is 0 Å². The summed E-state index contributed by atoms with van der Waals surface area (Å²) in [5.41, 5.74) is 1.29. The number of nitrogens with zero attached hydrogens (tertiary/aromatic N) is 2. The molecule has 1 saturated heterocycles. The molecular weight excluding hydrogens is 262 g/mol. The number of anilines is 1. The third kappa shape index (κ3) is 4.97. The molecule has 0 aliphatic carbocycles. The first kappa shape index (κ1) is 16.2. The van der Waals surface area contributed by atoms with Gasteiger partial charge in [-0.05, 0) is 31.2 Å². The number of rotatable bonds is 7. The summed E-state index contributed by atoms with van der Waals surface area (Å²) < 4.78 is 5.08. The second-order valence-electron chi connectivity index (χ2n) is 5.85. The molecule has 0 aromatic carbocycles. The molecule has 1 atom stereocenters. The van der Waals surface area contributed by atoms with Gasteiger partial charge in [0.1, 0.15) is 5.82 Å². The van der Waals surface area contributed by atoms with Crippen molar-refractivity contribution in [2.75, 3.05) is 38.3 Å². The van der Waals surface area contributed by atoms with Crippen LogP contribution in [0.25, 0.3) is 0 Å². The van der Waals surface area contributed by atoms with E-state index in [-0.39, 0.29) is 0 Å². The highest BCUT2D eigenvalue weighted by Crippen LogP contribution is 2.25. The Hall–Kier alpha value is -1.13. The van der Waals surface area contributed by atoms with E-state index in [2.05, 4.69) is 28.2 Å². The second kappa shape index (κ2) is 9.00. The third-order valence-corrected chi connectivity index (χ3v) is 4.39. The van der Waals surface area contributed by atoms with E-state index < -0.39 is 0 Å². The Morgan fingerprint density at radius 2 is 2.29 bits per heavy atom. The van der Waals surface area contributed by atoms with E-state index >= 15 is 0 Å². The summed E-state index contributed by atoms with van der Waals surface area (Å²) in [5.74, 6) is 2.06. The van der Waals surface area contributed by atoms with Crippen molar-refractivity contribution in [2.45, 2.75) is 39.2 Å². The van der Waals surface area contributed by atoms with Crippen LogP contribution in [-0.4, -0.2) is 38.3 Å². The molecule has 2 heterocycles. The first-order chi connectivity index (χ1) is 10.3. The van der Waals surface area contributed by atoms with Crippen LogP contribution in [0.2, 0.25) is 0 Å². The fourth-order valence-corrected chi connectivity index (χ4v) is 3.04. The normalized spacial score (nSPS) is 19.5. The standard InChI is InChI=1S/C17H29N3O/c1-3-15-6-5-11-20(12-8-15)17-16(7-4-9-19-17)14-18-10-13-21-2/h4,7,9,15,18H,3,5-6,8,10-14H2,1-2H3. The van der Waals surface area contributed by atoms with Crippen LogP contribution in [0.1, 0.15) is 38.2 Å². The van der Waals surface area contributed by atoms with Crippen molar-refractivity contribution < 1.29 is 4.74 Å². The molecule has 21 heavy (non-hydrogen) atoms. The average molecular weight is 291 g/mol. The molecule has 1 aliphatic rings. The van der Waals surface area contributed by atoms with E-state index in [9.17, 15) is 0 Å². The van der Waals surface area contributed by atoms with Crippen LogP contribution in [-0.2, 0) is 11.3 Å². The maximum absolute atomic E-state index is 5.08. The van der Waals surface area contributed by atoms with Gasteiger partial charge in [-0.1, -0.05) is 19.4 Å². The van der Waals surface area contributed by atoms with Gasteiger partial charge in [-0.15, -0.1) is 0 Å². The summed E-state index contributed by atoms with van der Waals surface area (Å²) in [4.78, 5) is 7.12. The Morgan fingerprint density at radius 3 is 3.10 bits per heavy atom. The van der Waals surface area contributed by atoms with E-state index in [1.54, 1.807) is 7.11 Å². The first-order valence-corrected chi connectivity index (χ1v) is 8.23. The third-order valence-electron chi connectivity index (χ3n) is 4.39. The highest BCUT2D eigenvalue weighted by atomic mass is 16.5. The van der Waals surface area contributed by atoms with Crippen molar-refractivity contribution in [3.05, 3.63) is 23.9 Å². The lowest BCUT2D eigenvalue weighted by molar-refractivity contribution is 0.199. The minimum absolute atomic E-state index is 0.748. The molecule has 1 N–H and O–H groups in total. The maximum atomic E-state index is 5.08. The fraction of sp³-hybridized carbons (Fsp3) is 0.706. The van der Waals surface area contributed by atoms with Gasteiger partial charge in [0.05, 0.1) is 6.61 Å². The molecule has 4 nitrogen and oxygen atoms in total. The summed E-state index contributed by atoms with van der Waals surface area (Å²) in [6, 6.07) is 4.22. The van der Waals surface area contributed by atoms with Crippen LogP contribution in [0.15, 0.2) is 18.3 Å². The highest BCUT2D eigenvalue weighted by molar-refractivity contribution is 5.46. The average Bonchev–Trinajstić information content (AvgIpc) is 2.77. The smallest absolute Gasteiger partial charge is 0.133 e. The Kier molecular flexibility index (Phi) is 6.96. The van der Waals surface area contributed by atoms with Gasteiger partial charge in [-0.3, -0.25) is 0 Å². The lowest BCUT2D eigenvalue weighted by atomic mass is 9.98. The van der Waals surface area contributed by atoms with Crippen LogP contribution in [0, 0.1) is 5.92 Å². The maximum Gasteiger partial charge on any atom is 0.133 e. The largest absolute Gasteiger partial charge is 0.383 e. The minimum Gasteiger partial charge on any atom is -0.383 e. The van der Waals surface area contributed by atoms with E-state index in [1.807, 2.05) is 12.3 Å². The van der Waals surface area contributed by atoms with Crippen molar-refractivity contribution >= 4 is 5.82 Å². The molecule has 0 bridgehead atoms. The molecule has 1 unspecified atom stereocenters. The summed E-state index contributed by atoms with van der Waals surface area (Å²) in [6.45, 7) is 7.08. The molecule has 1 aliphatic heterocycles. The first-order valence-electron chi connectivity index (χ1n) is 8.23. The summed E-state index contributed by atoms with van der Waals surface area (Å²) >= 11 is 0. The number of methoxy groups -OCH3 is 1. The van der Waals surface area contributed by atoms with Crippen LogP contribution in [0.4, 0.5) is 5.82 Å². The number of aromatic nitrogens is 1. The number of pyridine rings is 1. The zero-order valence-corrected chi connectivity index (χ0v) is 13.5. The molecule has 1 aromatic rings. The van der Waals surface area contributed by atoms with Gasteiger partial charge < -0.3 is 15.0 Å². The van der Waals surface area contributed by atoms with Crippen molar-refractivity contribution in [1.82, 2.24) is 10.3 Å². The zero-order chi connectivity index (χ0) is 14.9. The van der Waals surface area contributed by atoms with Crippen LogP contribution in [0.5, 0.6) is 0 Å². The number of hydrogen-bond acceptors (Lipinski definition) is 4. The predicted molar refractivity (Wildman–Crippen MR) is 87.7 cm³/mol. The highest BCUT2D eigenvalue weighted by Gasteiger charge is 2.18. The second-order valence-corrected chi connectivity index (χ2v) is 5.85. The van der Waals surface area contributed by atoms with Crippen LogP contribution in [0.3, 0.4) is 0 Å². The Bertz CT molecular complexity index is 411. The molecule has 0 radical (unpaired) electrons. The molecule has 4 heteroatoms. The Morgan fingerprint density at radius 1 is 1.38 bits per heavy atom. The number of nitrogens with one attached hydrogen (secondary N) is 1. The topological polar surface area (TPSA) is 37.4 Å². The van der Waals surface area contributed by atoms with Crippen LogP contribution >= 0.6 is 0 Å². The zero-order valence-electron chi connectivity index (χ0n) is 13.5. The van der Waals surface area contributed by atoms with Gasteiger partial charge >= 0.3 is 0 Å². The lowest BCUT2D eigenvalue weighted by Crippen LogP contribution is -2.28. The summed E-state index contributed by atoms with van der Waals surface area (Å²) in [7, 11) is 1.73. The van der Waals surface area contributed by atoms with E-state index in [0.717, 1.165) is 38.7 Å². The van der Waals surface area contributed by atoms with Crippen molar-refractivity contribution in [1.29, 1.82) is 0 Å². The molecule has 0 saturated carbocycles.